The van der Waals surface area contributed by atoms with Crippen molar-refractivity contribution in [3.63, 3.8) is 0 Å². The van der Waals surface area contributed by atoms with Gasteiger partial charge in [-0.3, -0.25) is 4.79 Å². The van der Waals surface area contributed by atoms with Crippen molar-refractivity contribution in [3.8, 4) is 0 Å². The predicted octanol–water partition coefficient (Wildman–Crippen LogP) is 2.61. The molecule has 0 heterocycles. The first-order valence-electron chi connectivity index (χ1n) is 7.96. The molecule has 1 aliphatic rings. The second-order valence-corrected chi connectivity index (χ2v) is 7.10. The highest BCUT2D eigenvalue weighted by Crippen LogP contribution is 2.41. The molecular formula is C16H32N2O2. The second-order valence-electron chi connectivity index (χ2n) is 7.10. The Bertz CT molecular complexity index is 306. The van der Waals surface area contributed by atoms with Gasteiger partial charge >= 0.3 is 0 Å². The molecule has 1 rings (SSSR count). The van der Waals surface area contributed by atoms with Crippen molar-refractivity contribution < 1.29 is 9.53 Å². The maximum absolute atomic E-state index is 11.9. The Balaban J connectivity index is 2.40. The number of nitrogens with two attached hydrogens (primary N) is 1. The van der Waals surface area contributed by atoms with Crippen LogP contribution in [0.4, 0.5) is 0 Å². The van der Waals surface area contributed by atoms with Gasteiger partial charge in [-0.15, -0.1) is 0 Å². The van der Waals surface area contributed by atoms with E-state index in [0.29, 0.717) is 12.0 Å². The van der Waals surface area contributed by atoms with Crippen molar-refractivity contribution in [2.75, 3.05) is 13.2 Å². The molecule has 3 N–H and O–H groups in total. The van der Waals surface area contributed by atoms with Gasteiger partial charge in [0, 0.05) is 12.6 Å². The van der Waals surface area contributed by atoms with Gasteiger partial charge in [0.15, 0.2) is 0 Å². The number of rotatable bonds is 7. The number of carbonyl (C=O) groups excluding carboxylic acids is 1. The average molecular weight is 284 g/mol. The van der Waals surface area contributed by atoms with E-state index in [2.05, 4.69) is 26.1 Å². The van der Waals surface area contributed by atoms with Crippen molar-refractivity contribution in [1.82, 2.24) is 5.32 Å². The van der Waals surface area contributed by atoms with Gasteiger partial charge in [0.1, 0.15) is 6.61 Å². The molecule has 1 amide bonds. The topological polar surface area (TPSA) is 64.3 Å². The zero-order chi connectivity index (χ0) is 15.2. The summed E-state index contributed by atoms with van der Waals surface area (Å²) in [6, 6.07) is 0.218. The van der Waals surface area contributed by atoms with Gasteiger partial charge < -0.3 is 15.8 Å². The standard InChI is InChI=1S/C16H32N2O2/c1-5-6-13(2)18-14(19)11-20-16(12-17)9-7-15(3,4)8-10-16/h13H,5-12,17H2,1-4H3,(H,18,19). The lowest BCUT2D eigenvalue weighted by Gasteiger charge is -2.42. The Morgan fingerprint density at radius 3 is 2.40 bits per heavy atom. The molecule has 0 aromatic heterocycles. The van der Waals surface area contributed by atoms with Gasteiger partial charge in [0.05, 0.1) is 5.60 Å². The molecule has 0 saturated heterocycles. The molecular weight excluding hydrogens is 252 g/mol. The average Bonchev–Trinajstić information content (AvgIpc) is 2.38. The van der Waals surface area contributed by atoms with Gasteiger partial charge in [-0.05, 0) is 44.4 Å². The molecule has 1 saturated carbocycles. The van der Waals surface area contributed by atoms with E-state index in [-0.39, 0.29) is 24.2 Å². The predicted molar refractivity (Wildman–Crippen MR) is 82.5 cm³/mol. The monoisotopic (exact) mass is 284 g/mol. The minimum Gasteiger partial charge on any atom is -0.364 e. The van der Waals surface area contributed by atoms with E-state index < -0.39 is 0 Å². The fraction of sp³-hybridized carbons (Fsp3) is 0.938. The fourth-order valence-corrected chi connectivity index (χ4v) is 2.83. The van der Waals surface area contributed by atoms with Crippen molar-refractivity contribution in [2.45, 2.75) is 77.9 Å². The summed E-state index contributed by atoms with van der Waals surface area (Å²) in [5, 5.41) is 2.97. The third kappa shape index (κ3) is 5.41. The highest BCUT2D eigenvalue weighted by molar-refractivity contribution is 5.77. The molecule has 0 spiro atoms. The van der Waals surface area contributed by atoms with Gasteiger partial charge in [0.25, 0.3) is 0 Å². The van der Waals surface area contributed by atoms with Crippen LogP contribution in [-0.2, 0) is 9.53 Å². The van der Waals surface area contributed by atoms with Crippen molar-refractivity contribution >= 4 is 5.91 Å². The van der Waals surface area contributed by atoms with Crippen LogP contribution in [0.25, 0.3) is 0 Å². The van der Waals surface area contributed by atoms with E-state index in [4.69, 9.17) is 10.5 Å². The number of carbonyl (C=O) groups is 1. The summed E-state index contributed by atoms with van der Waals surface area (Å²) in [5.74, 6) is -0.0244. The van der Waals surface area contributed by atoms with Crippen LogP contribution >= 0.6 is 0 Å². The highest BCUT2D eigenvalue weighted by Gasteiger charge is 2.38. The van der Waals surface area contributed by atoms with E-state index in [1.165, 1.54) is 0 Å². The molecule has 1 unspecified atom stereocenters. The van der Waals surface area contributed by atoms with Crippen molar-refractivity contribution in [1.29, 1.82) is 0 Å². The van der Waals surface area contributed by atoms with E-state index in [0.717, 1.165) is 38.5 Å². The van der Waals surface area contributed by atoms with E-state index in [9.17, 15) is 4.79 Å². The Hall–Kier alpha value is -0.610. The summed E-state index contributed by atoms with van der Waals surface area (Å²) >= 11 is 0. The molecule has 0 radical (unpaired) electrons. The number of nitrogens with one attached hydrogen (secondary N) is 1. The molecule has 1 atom stereocenters. The Kier molecular flexibility index (Phi) is 6.46. The summed E-state index contributed by atoms with van der Waals surface area (Å²) < 4.78 is 5.92. The molecule has 4 nitrogen and oxygen atoms in total. The molecule has 4 heteroatoms. The normalized spacial score (nSPS) is 22.2. The number of ether oxygens (including phenoxy) is 1. The zero-order valence-electron chi connectivity index (χ0n) is 13.6. The molecule has 0 aromatic carbocycles. The Morgan fingerprint density at radius 2 is 1.90 bits per heavy atom. The van der Waals surface area contributed by atoms with Crippen molar-refractivity contribution in [3.05, 3.63) is 0 Å². The van der Waals surface area contributed by atoms with Crippen LogP contribution in [0.5, 0.6) is 0 Å². The molecule has 0 aliphatic heterocycles. The minimum atomic E-state index is -0.291. The smallest absolute Gasteiger partial charge is 0.246 e. The Morgan fingerprint density at radius 1 is 1.30 bits per heavy atom. The van der Waals surface area contributed by atoms with Gasteiger partial charge in [-0.25, -0.2) is 0 Å². The summed E-state index contributed by atoms with van der Waals surface area (Å²) in [6.07, 6.45) is 6.20. The maximum Gasteiger partial charge on any atom is 0.246 e. The first-order chi connectivity index (χ1) is 9.32. The summed E-state index contributed by atoms with van der Waals surface area (Å²) in [5.41, 5.74) is 5.99. The first kappa shape index (κ1) is 17.4. The van der Waals surface area contributed by atoms with Gasteiger partial charge in [0.2, 0.25) is 5.91 Å². The number of amides is 1. The van der Waals surface area contributed by atoms with Crippen LogP contribution < -0.4 is 11.1 Å². The maximum atomic E-state index is 11.9. The van der Waals surface area contributed by atoms with E-state index >= 15 is 0 Å². The van der Waals surface area contributed by atoms with Gasteiger partial charge in [-0.2, -0.15) is 0 Å². The highest BCUT2D eigenvalue weighted by atomic mass is 16.5. The quantitative estimate of drug-likeness (QED) is 0.755. The molecule has 0 bridgehead atoms. The lowest BCUT2D eigenvalue weighted by molar-refractivity contribution is -0.138. The first-order valence-corrected chi connectivity index (χ1v) is 7.96. The van der Waals surface area contributed by atoms with Crippen LogP contribution in [0, 0.1) is 5.41 Å². The molecule has 0 aromatic rings. The third-order valence-corrected chi connectivity index (χ3v) is 4.53. The summed E-state index contributed by atoms with van der Waals surface area (Å²) in [7, 11) is 0. The van der Waals surface area contributed by atoms with E-state index in [1.807, 2.05) is 6.92 Å². The van der Waals surface area contributed by atoms with Crippen molar-refractivity contribution in [2.24, 2.45) is 11.1 Å². The summed E-state index contributed by atoms with van der Waals surface area (Å²) in [6.45, 7) is 9.35. The summed E-state index contributed by atoms with van der Waals surface area (Å²) in [4.78, 5) is 11.9. The van der Waals surface area contributed by atoms with Crippen LogP contribution in [0.15, 0.2) is 0 Å². The third-order valence-electron chi connectivity index (χ3n) is 4.53. The Labute approximate surface area is 123 Å². The molecule has 1 aliphatic carbocycles. The zero-order valence-corrected chi connectivity index (χ0v) is 13.6. The lowest BCUT2D eigenvalue weighted by atomic mass is 9.71. The fourth-order valence-electron chi connectivity index (χ4n) is 2.83. The number of hydrogen-bond acceptors (Lipinski definition) is 3. The largest absolute Gasteiger partial charge is 0.364 e. The molecule has 118 valence electrons. The van der Waals surface area contributed by atoms with Crippen LogP contribution in [0.3, 0.4) is 0 Å². The van der Waals surface area contributed by atoms with Crippen LogP contribution in [-0.4, -0.2) is 30.7 Å². The minimum absolute atomic E-state index is 0.0244. The molecule has 20 heavy (non-hydrogen) atoms. The van der Waals surface area contributed by atoms with Gasteiger partial charge in [-0.1, -0.05) is 27.2 Å². The molecule has 1 fully saturated rings. The second kappa shape index (κ2) is 7.41. The lowest BCUT2D eigenvalue weighted by Crippen LogP contribution is -2.48. The van der Waals surface area contributed by atoms with E-state index in [1.54, 1.807) is 0 Å². The van der Waals surface area contributed by atoms with Crippen LogP contribution in [0.1, 0.15) is 66.2 Å². The SMILES string of the molecule is CCCC(C)NC(=O)COC1(CN)CCC(C)(C)CC1. The number of hydrogen-bond donors (Lipinski definition) is 2. The van der Waals surface area contributed by atoms with Crippen LogP contribution in [0.2, 0.25) is 0 Å².